The van der Waals surface area contributed by atoms with Gasteiger partial charge in [-0.05, 0) is 70.4 Å². The summed E-state index contributed by atoms with van der Waals surface area (Å²) in [6, 6.07) is 5.57. The molecule has 2 atom stereocenters. The van der Waals surface area contributed by atoms with Gasteiger partial charge in [0.05, 0.1) is 0 Å². The number of hydrogen-bond donors (Lipinski definition) is 2. The van der Waals surface area contributed by atoms with E-state index in [-0.39, 0.29) is 29.8 Å². The number of hydrogen-bond acceptors (Lipinski definition) is 4. The van der Waals surface area contributed by atoms with Crippen LogP contribution in [-0.4, -0.2) is 46.5 Å². The van der Waals surface area contributed by atoms with Gasteiger partial charge in [-0.25, -0.2) is 4.79 Å². The molecule has 7 heteroatoms. The molecule has 0 radical (unpaired) electrons. The number of benzene rings is 1. The first kappa shape index (κ1) is 28.6. The van der Waals surface area contributed by atoms with Crippen LogP contribution in [0, 0.1) is 18.3 Å². The lowest BCUT2D eigenvalue weighted by molar-refractivity contribution is -0.148. The summed E-state index contributed by atoms with van der Waals surface area (Å²) in [5.41, 5.74) is 0.527. The van der Waals surface area contributed by atoms with Crippen molar-refractivity contribution in [2.45, 2.75) is 116 Å². The van der Waals surface area contributed by atoms with Crippen molar-refractivity contribution in [3.8, 4) is 12.3 Å². The zero-order valence-electron chi connectivity index (χ0n) is 23.0. The van der Waals surface area contributed by atoms with Crippen LogP contribution in [0.3, 0.4) is 0 Å². The first-order valence-corrected chi connectivity index (χ1v) is 13.7. The molecule has 0 aliphatic heterocycles. The number of amides is 3. The van der Waals surface area contributed by atoms with Crippen LogP contribution in [0.25, 0.3) is 0 Å². The fourth-order valence-electron chi connectivity index (χ4n) is 5.10. The van der Waals surface area contributed by atoms with E-state index in [4.69, 9.17) is 11.2 Å². The van der Waals surface area contributed by atoms with Gasteiger partial charge in [0.1, 0.15) is 17.7 Å². The van der Waals surface area contributed by atoms with Gasteiger partial charge in [0.2, 0.25) is 11.8 Å². The van der Waals surface area contributed by atoms with Gasteiger partial charge in [-0.3, -0.25) is 9.59 Å². The third-order valence-electron chi connectivity index (χ3n) is 7.22. The Bertz CT molecular complexity index is 997. The Morgan fingerprint density at radius 1 is 1.03 bits per heavy atom. The fraction of sp³-hybridized carbons (Fsp3) is 0.633. The summed E-state index contributed by atoms with van der Waals surface area (Å²) in [6.07, 6.45) is 13.0. The highest BCUT2D eigenvalue weighted by Gasteiger charge is 2.43. The summed E-state index contributed by atoms with van der Waals surface area (Å²) in [5, 5.41) is 6.02. The Kier molecular flexibility index (Phi) is 9.64. The van der Waals surface area contributed by atoms with E-state index in [0.717, 1.165) is 44.9 Å². The molecule has 7 nitrogen and oxygen atoms in total. The van der Waals surface area contributed by atoms with E-state index >= 15 is 0 Å². The minimum Gasteiger partial charge on any atom is -0.444 e. The molecule has 1 aromatic carbocycles. The lowest BCUT2D eigenvalue weighted by atomic mass is 9.86. The van der Waals surface area contributed by atoms with Crippen molar-refractivity contribution in [3.05, 3.63) is 35.4 Å². The average molecular weight is 510 g/mol. The second-order valence-corrected chi connectivity index (χ2v) is 11.7. The van der Waals surface area contributed by atoms with Crippen LogP contribution in [0.4, 0.5) is 4.79 Å². The monoisotopic (exact) mass is 509 g/mol. The predicted octanol–water partition coefficient (Wildman–Crippen LogP) is 5.09. The van der Waals surface area contributed by atoms with Crippen LogP contribution in [-0.2, 0) is 14.3 Å². The number of terminal acetylenes is 1. The van der Waals surface area contributed by atoms with Crippen molar-refractivity contribution in [2.75, 3.05) is 0 Å². The maximum Gasteiger partial charge on any atom is 0.408 e. The second-order valence-electron chi connectivity index (χ2n) is 11.7. The van der Waals surface area contributed by atoms with E-state index in [1.54, 1.807) is 31.7 Å². The van der Waals surface area contributed by atoms with E-state index < -0.39 is 23.8 Å². The molecular formula is C30H43N3O4. The first-order chi connectivity index (χ1) is 17.5. The summed E-state index contributed by atoms with van der Waals surface area (Å²) in [4.78, 5) is 42.6. The van der Waals surface area contributed by atoms with E-state index in [1.165, 1.54) is 6.42 Å². The van der Waals surface area contributed by atoms with E-state index in [0.29, 0.717) is 11.1 Å². The molecule has 3 rings (SSSR count). The number of ether oxygens (including phenoxy) is 1. The maximum atomic E-state index is 14.3. The van der Waals surface area contributed by atoms with Gasteiger partial charge >= 0.3 is 6.09 Å². The lowest BCUT2D eigenvalue weighted by Gasteiger charge is -2.44. The summed E-state index contributed by atoms with van der Waals surface area (Å²) in [7, 11) is 0. The van der Waals surface area contributed by atoms with Crippen molar-refractivity contribution in [2.24, 2.45) is 5.92 Å². The molecule has 2 unspecified atom stereocenters. The molecule has 2 saturated carbocycles. The molecule has 2 aliphatic rings. The predicted molar refractivity (Wildman–Crippen MR) is 145 cm³/mol. The molecule has 3 amide bonds. The van der Waals surface area contributed by atoms with Crippen LogP contribution >= 0.6 is 0 Å². The minimum atomic E-state index is -0.881. The number of rotatable bonds is 8. The molecule has 2 aliphatic carbocycles. The zero-order valence-corrected chi connectivity index (χ0v) is 23.0. The average Bonchev–Trinajstić information content (AvgIpc) is 2.80. The summed E-state index contributed by atoms with van der Waals surface area (Å²) in [5.74, 6) is 1.99. The normalized spacial score (nSPS) is 18.2. The highest BCUT2D eigenvalue weighted by atomic mass is 16.6. The molecule has 0 heterocycles. The number of alkyl carbamates (subject to hydrolysis) is 1. The van der Waals surface area contributed by atoms with Gasteiger partial charge in [0, 0.05) is 17.6 Å². The second kappa shape index (κ2) is 12.5. The zero-order chi connectivity index (χ0) is 27.2. The van der Waals surface area contributed by atoms with Crippen molar-refractivity contribution < 1.29 is 19.1 Å². The van der Waals surface area contributed by atoms with Gasteiger partial charge in [0.25, 0.3) is 0 Å². The van der Waals surface area contributed by atoms with Gasteiger partial charge in [-0.1, -0.05) is 57.2 Å². The largest absolute Gasteiger partial charge is 0.444 e. The Morgan fingerprint density at radius 2 is 1.68 bits per heavy atom. The molecule has 0 bridgehead atoms. The highest BCUT2D eigenvalue weighted by Crippen LogP contribution is 2.35. The third-order valence-corrected chi connectivity index (χ3v) is 7.22. The Labute approximate surface area is 222 Å². The molecule has 202 valence electrons. The molecule has 1 aromatic rings. The SMILES string of the molecule is C#Cc1ccccc1C(C(=O)NC1CCCCC1)N(C(=O)C(NC(=O)OC(C)(C)C)C(C)C)C1CCC1. The van der Waals surface area contributed by atoms with E-state index in [9.17, 15) is 14.4 Å². The van der Waals surface area contributed by atoms with Crippen LogP contribution in [0.15, 0.2) is 24.3 Å². The van der Waals surface area contributed by atoms with Gasteiger partial charge in [-0.2, -0.15) is 0 Å². The van der Waals surface area contributed by atoms with Gasteiger partial charge in [0.15, 0.2) is 0 Å². The maximum absolute atomic E-state index is 14.3. The number of carbonyl (C=O) groups is 3. The summed E-state index contributed by atoms with van der Waals surface area (Å²) in [6.45, 7) is 9.10. The third kappa shape index (κ3) is 7.50. The molecule has 2 N–H and O–H groups in total. The first-order valence-electron chi connectivity index (χ1n) is 13.7. The fourth-order valence-corrected chi connectivity index (χ4v) is 5.10. The lowest BCUT2D eigenvalue weighted by Crippen LogP contribution is -2.59. The van der Waals surface area contributed by atoms with Crippen molar-refractivity contribution >= 4 is 17.9 Å². The quantitative estimate of drug-likeness (QED) is 0.478. The van der Waals surface area contributed by atoms with Crippen LogP contribution in [0.5, 0.6) is 0 Å². The highest BCUT2D eigenvalue weighted by molar-refractivity contribution is 5.93. The number of nitrogens with zero attached hydrogens (tertiary/aromatic N) is 1. The van der Waals surface area contributed by atoms with E-state index in [1.807, 2.05) is 32.0 Å². The van der Waals surface area contributed by atoms with Crippen LogP contribution in [0.2, 0.25) is 0 Å². The standard InChI is InChI=1S/C30H43N3O4/c1-7-21-14-11-12-19-24(21)26(27(34)31-22-15-9-8-10-16-22)33(23-17-13-18-23)28(35)25(20(2)3)32-29(36)37-30(4,5)6/h1,11-12,14,19-20,22-23,25-26H,8-10,13,15-18H2,2-6H3,(H,31,34)(H,32,36). The molecule has 37 heavy (non-hydrogen) atoms. The van der Waals surface area contributed by atoms with Crippen LogP contribution in [0.1, 0.15) is 103 Å². The number of carbonyl (C=O) groups excluding carboxylic acids is 3. The van der Waals surface area contributed by atoms with E-state index in [2.05, 4.69) is 16.6 Å². The Morgan fingerprint density at radius 3 is 2.22 bits per heavy atom. The van der Waals surface area contributed by atoms with Crippen molar-refractivity contribution in [3.63, 3.8) is 0 Å². The summed E-state index contributed by atoms with van der Waals surface area (Å²) < 4.78 is 5.45. The van der Waals surface area contributed by atoms with Gasteiger partial charge < -0.3 is 20.3 Å². The molecule has 2 fully saturated rings. The smallest absolute Gasteiger partial charge is 0.408 e. The molecule has 0 aromatic heterocycles. The van der Waals surface area contributed by atoms with Crippen molar-refractivity contribution in [1.82, 2.24) is 15.5 Å². The van der Waals surface area contributed by atoms with Crippen LogP contribution < -0.4 is 10.6 Å². The minimum absolute atomic E-state index is 0.0841. The molecule has 0 saturated heterocycles. The Hall–Kier alpha value is -3.01. The van der Waals surface area contributed by atoms with Crippen molar-refractivity contribution in [1.29, 1.82) is 0 Å². The number of nitrogens with one attached hydrogen (secondary N) is 2. The van der Waals surface area contributed by atoms with Gasteiger partial charge in [-0.15, -0.1) is 6.42 Å². The molecular weight excluding hydrogens is 466 g/mol. The molecule has 0 spiro atoms. The topological polar surface area (TPSA) is 87.7 Å². The summed E-state index contributed by atoms with van der Waals surface area (Å²) >= 11 is 0. The Balaban J connectivity index is 2.00.